The SMILES string of the molecule is N=Nc1c(F)cc(OCCCN)c2ccoc12. The monoisotopic (exact) mass is 237 g/mol. The van der Waals surface area contributed by atoms with E-state index >= 15 is 0 Å². The molecule has 0 aliphatic carbocycles. The lowest BCUT2D eigenvalue weighted by atomic mass is 10.2. The Balaban J connectivity index is 2.42. The molecule has 6 heteroatoms. The van der Waals surface area contributed by atoms with Gasteiger partial charge in [-0.2, -0.15) is 5.11 Å². The number of nitrogens with zero attached hydrogens (tertiary/aromatic N) is 1. The number of fused-ring (bicyclic) bond motifs is 1. The molecule has 0 radical (unpaired) electrons. The van der Waals surface area contributed by atoms with Crippen molar-refractivity contribution in [2.45, 2.75) is 6.42 Å². The summed E-state index contributed by atoms with van der Waals surface area (Å²) in [4.78, 5) is 0. The molecule has 17 heavy (non-hydrogen) atoms. The quantitative estimate of drug-likeness (QED) is 0.619. The highest BCUT2D eigenvalue weighted by molar-refractivity contribution is 5.92. The second-order valence-corrected chi connectivity index (χ2v) is 3.47. The number of halogens is 1. The Hall–Kier alpha value is -1.95. The number of furan rings is 1. The van der Waals surface area contributed by atoms with Crippen LogP contribution in [0.5, 0.6) is 5.75 Å². The van der Waals surface area contributed by atoms with Crippen LogP contribution in [0.2, 0.25) is 0 Å². The summed E-state index contributed by atoms with van der Waals surface area (Å²) in [6.45, 7) is 0.921. The molecular weight excluding hydrogens is 225 g/mol. The van der Waals surface area contributed by atoms with Crippen molar-refractivity contribution in [3.8, 4) is 5.75 Å². The second-order valence-electron chi connectivity index (χ2n) is 3.47. The highest BCUT2D eigenvalue weighted by atomic mass is 19.1. The fourth-order valence-electron chi connectivity index (χ4n) is 1.55. The van der Waals surface area contributed by atoms with Crippen LogP contribution in [0.1, 0.15) is 6.42 Å². The first kappa shape index (κ1) is 11.5. The van der Waals surface area contributed by atoms with Crippen molar-refractivity contribution in [1.82, 2.24) is 0 Å². The van der Waals surface area contributed by atoms with E-state index in [4.69, 9.17) is 20.4 Å². The first-order valence-corrected chi connectivity index (χ1v) is 5.18. The molecule has 0 atom stereocenters. The lowest BCUT2D eigenvalue weighted by Gasteiger charge is -2.07. The van der Waals surface area contributed by atoms with Gasteiger partial charge in [-0.3, -0.25) is 0 Å². The third-order valence-corrected chi connectivity index (χ3v) is 2.35. The van der Waals surface area contributed by atoms with Crippen molar-refractivity contribution in [3.05, 3.63) is 24.2 Å². The van der Waals surface area contributed by atoms with Gasteiger partial charge in [0.15, 0.2) is 17.1 Å². The van der Waals surface area contributed by atoms with Crippen LogP contribution < -0.4 is 10.5 Å². The van der Waals surface area contributed by atoms with E-state index in [1.807, 2.05) is 0 Å². The summed E-state index contributed by atoms with van der Waals surface area (Å²) in [6, 6.07) is 2.86. The summed E-state index contributed by atoms with van der Waals surface area (Å²) in [5, 5.41) is 3.72. The van der Waals surface area contributed by atoms with Gasteiger partial charge in [-0.1, -0.05) is 0 Å². The topological polar surface area (TPSA) is 84.6 Å². The van der Waals surface area contributed by atoms with Gasteiger partial charge in [-0.05, 0) is 19.0 Å². The molecule has 90 valence electrons. The highest BCUT2D eigenvalue weighted by Gasteiger charge is 2.15. The van der Waals surface area contributed by atoms with E-state index in [-0.39, 0.29) is 11.3 Å². The minimum Gasteiger partial charge on any atom is -0.493 e. The number of ether oxygens (including phenoxy) is 1. The highest BCUT2D eigenvalue weighted by Crippen LogP contribution is 2.36. The normalized spacial score (nSPS) is 10.7. The van der Waals surface area contributed by atoms with Crippen LogP contribution in [0.3, 0.4) is 0 Å². The summed E-state index contributed by atoms with van der Waals surface area (Å²) >= 11 is 0. The fraction of sp³-hybridized carbons (Fsp3) is 0.273. The van der Waals surface area contributed by atoms with Gasteiger partial charge >= 0.3 is 0 Å². The zero-order chi connectivity index (χ0) is 12.3. The standard InChI is InChI=1S/C11H12FN3O2/c12-8-6-9(16-4-1-3-13)7-2-5-17-11(7)10(8)15-14/h2,5-6,14H,1,3-4,13H2. The number of rotatable bonds is 5. The van der Waals surface area contributed by atoms with Crippen molar-refractivity contribution < 1.29 is 13.5 Å². The number of benzene rings is 1. The molecule has 0 fully saturated rings. The van der Waals surface area contributed by atoms with E-state index in [2.05, 4.69) is 5.11 Å². The number of hydrogen-bond donors (Lipinski definition) is 2. The molecule has 1 aromatic carbocycles. The van der Waals surface area contributed by atoms with Gasteiger partial charge in [0.05, 0.1) is 18.3 Å². The van der Waals surface area contributed by atoms with E-state index in [1.165, 1.54) is 12.3 Å². The van der Waals surface area contributed by atoms with E-state index in [0.717, 1.165) is 0 Å². The van der Waals surface area contributed by atoms with E-state index in [9.17, 15) is 4.39 Å². The second kappa shape index (κ2) is 4.92. The molecule has 0 spiro atoms. The zero-order valence-electron chi connectivity index (χ0n) is 9.07. The molecule has 0 aliphatic heterocycles. The predicted molar refractivity (Wildman–Crippen MR) is 60.1 cm³/mol. The molecule has 0 aliphatic rings. The van der Waals surface area contributed by atoms with Crippen LogP contribution in [-0.2, 0) is 0 Å². The molecule has 1 aromatic heterocycles. The van der Waals surface area contributed by atoms with Gasteiger partial charge in [0, 0.05) is 6.07 Å². The Kier molecular flexibility index (Phi) is 3.34. The summed E-state index contributed by atoms with van der Waals surface area (Å²) in [6.07, 6.45) is 2.10. The summed E-state index contributed by atoms with van der Waals surface area (Å²) in [5.41, 5.74) is 12.4. The van der Waals surface area contributed by atoms with E-state index < -0.39 is 5.82 Å². The smallest absolute Gasteiger partial charge is 0.168 e. The Morgan fingerprint density at radius 2 is 2.35 bits per heavy atom. The van der Waals surface area contributed by atoms with Crippen molar-refractivity contribution >= 4 is 16.7 Å². The number of hydrogen-bond acceptors (Lipinski definition) is 5. The summed E-state index contributed by atoms with van der Waals surface area (Å²) < 4.78 is 24.1. The van der Waals surface area contributed by atoms with Crippen LogP contribution in [-0.4, -0.2) is 13.2 Å². The average Bonchev–Trinajstić information content (AvgIpc) is 2.78. The Morgan fingerprint density at radius 3 is 3.06 bits per heavy atom. The molecule has 0 amide bonds. The summed E-state index contributed by atoms with van der Waals surface area (Å²) in [5.74, 6) is -0.253. The third kappa shape index (κ3) is 2.12. The van der Waals surface area contributed by atoms with Crippen molar-refractivity contribution in [2.75, 3.05) is 13.2 Å². The Morgan fingerprint density at radius 1 is 1.53 bits per heavy atom. The average molecular weight is 237 g/mol. The number of nitrogens with one attached hydrogen (secondary N) is 1. The first-order valence-electron chi connectivity index (χ1n) is 5.18. The molecule has 2 rings (SSSR count). The minimum absolute atomic E-state index is 0.115. The third-order valence-electron chi connectivity index (χ3n) is 2.35. The van der Waals surface area contributed by atoms with Crippen LogP contribution in [0.25, 0.3) is 11.0 Å². The lowest BCUT2D eigenvalue weighted by Crippen LogP contribution is -2.06. The van der Waals surface area contributed by atoms with Gasteiger partial charge in [0.1, 0.15) is 5.75 Å². The van der Waals surface area contributed by atoms with Gasteiger partial charge < -0.3 is 14.9 Å². The molecule has 0 bridgehead atoms. The minimum atomic E-state index is -0.634. The molecular formula is C11H12FN3O2. The maximum absolute atomic E-state index is 13.6. The molecule has 0 saturated carbocycles. The van der Waals surface area contributed by atoms with Gasteiger partial charge in [-0.25, -0.2) is 9.92 Å². The fourth-order valence-corrected chi connectivity index (χ4v) is 1.55. The largest absolute Gasteiger partial charge is 0.493 e. The van der Waals surface area contributed by atoms with E-state index in [1.54, 1.807) is 6.07 Å². The van der Waals surface area contributed by atoms with Gasteiger partial charge in [0.25, 0.3) is 0 Å². The Bertz CT molecular complexity index is 539. The predicted octanol–water partition coefficient (Wildman–Crippen LogP) is 2.96. The van der Waals surface area contributed by atoms with Crippen LogP contribution in [0.15, 0.2) is 27.9 Å². The maximum atomic E-state index is 13.6. The Labute approximate surface area is 96.9 Å². The maximum Gasteiger partial charge on any atom is 0.168 e. The summed E-state index contributed by atoms with van der Waals surface area (Å²) in [7, 11) is 0. The molecule has 2 aromatic rings. The lowest BCUT2D eigenvalue weighted by molar-refractivity contribution is 0.315. The molecule has 1 heterocycles. The number of nitrogens with two attached hydrogens (primary N) is 1. The van der Waals surface area contributed by atoms with Gasteiger partial charge in [-0.15, -0.1) is 0 Å². The van der Waals surface area contributed by atoms with Crippen LogP contribution in [0, 0.1) is 11.3 Å². The first-order chi connectivity index (χ1) is 8.27. The van der Waals surface area contributed by atoms with Crippen molar-refractivity contribution in [1.29, 1.82) is 5.53 Å². The zero-order valence-corrected chi connectivity index (χ0v) is 9.07. The molecule has 3 N–H and O–H groups in total. The van der Waals surface area contributed by atoms with E-state index in [0.29, 0.717) is 30.7 Å². The van der Waals surface area contributed by atoms with Crippen LogP contribution in [0.4, 0.5) is 10.1 Å². The molecule has 0 saturated heterocycles. The van der Waals surface area contributed by atoms with Crippen molar-refractivity contribution in [3.63, 3.8) is 0 Å². The molecule has 0 unspecified atom stereocenters. The van der Waals surface area contributed by atoms with Crippen LogP contribution >= 0.6 is 0 Å². The van der Waals surface area contributed by atoms with Crippen molar-refractivity contribution in [2.24, 2.45) is 10.8 Å². The molecule has 5 nitrogen and oxygen atoms in total. The van der Waals surface area contributed by atoms with Gasteiger partial charge in [0.2, 0.25) is 0 Å².